The van der Waals surface area contributed by atoms with Crippen LogP contribution >= 0.6 is 0 Å². The van der Waals surface area contributed by atoms with Crippen LogP contribution in [0.4, 0.5) is 4.79 Å². The SMILES string of the molecule is CC(C)(C)OC(=O)N1CCC(COc2noc3cccc(OCC4CCC4)c23)CC1. The Bertz CT molecular complexity index is 860. The van der Waals surface area contributed by atoms with E-state index in [1.165, 1.54) is 19.3 Å². The number of carbonyl (C=O) groups excluding carboxylic acids is 1. The van der Waals surface area contributed by atoms with Crippen LogP contribution in [-0.4, -0.2) is 48.1 Å². The van der Waals surface area contributed by atoms with Crippen molar-refractivity contribution in [2.45, 2.75) is 58.5 Å². The maximum atomic E-state index is 12.2. The molecule has 2 aliphatic rings. The second kappa shape index (κ2) is 8.74. The summed E-state index contributed by atoms with van der Waals surface area (Å²) in [6.07, 6.45) is 5.29. The maximum absolute atomic E-state index is 12.2. The quantitative estimate of drug-likeness (QED) is 0.657. The van der Waals surface area contributed by atoms with E-state index in [1.54, 1.807) is 4.90 Å². The summed E-state index contributed by atoms with van der Waals surface area (Å²) >= 11 is 0. The van der Waals surface area contributed by atoms with Crippen LogP contribution in [-0.2, 0) is 4.74 Å². The highest BCUT2D eigenvalue weighted by Crippen LogP contribution is 2.36. The molecule has 1 aliphatic carbocycles. The molecule has 0 N–H and O–H groups in total. The molecule has 1 aromatic heterocycles. The third-order valence-electron chi connectivity index (χ3n) is 5.85. The van der Waals surface area contributed by atoms with Crippen molar-refractivity contribution in [3.8, 4) is 11.6 Å². The number of ether oxygens (including phenoxy) is 3. The number of likely N-dealkylation sites (tertiary alicyclic amines) is 1. The largest absolute Gasteiger partial charge is 0.492 e. The summed E-state index contributed by atoms with van der Waals surface area (Å²) in [7, 11) is 0. The zero-order valence-electron chi connectivity index (χ0n) is 18.2. The summed E-state index contributed by atoms with van der Waals surface area (Å²) < 4.78 is 23.0. The van der Waals surface area contributed by atoms with Gasteiger partial charge in [-0.15, -0.1) is 0 Å². The van der Waals surface area contributed by atoms with Crippen molar-refractivity contribution >= 4 is 17.1 Å². The van der Waals surface area contributed by atoms with Crippen molar-refractivity contribution < 1.29 is 23.5 Å². The lowest BCUT2D eigenvalue weighted by molar-refractivity contribution is 0.0164. The number of fused-ring (bicyclic) bond motifs is 1. The van der Waals surface area contributed by atoms with Crippen LogP contribution in [0, 0.1) is 11.8 Å². The van der Waals surface area contributed by atoms with Crippen molar-refractivity contribution in [2.75, 3.05) is 26.3 Å². The van der Waals surface area contributed by atoms with Gasteiger partial charge in [-0.25, -0.2) is 4.79 Å². The fourth-order valence-corrected chi connectivity index (χ4v) is 3.83. The van der Waals surface area contributed by atoms with E-state index in [-0.39, 0.29) is 6.09 Å². The van der Waals surface area contributed by atoms with Crippen LogP contribution < -0.4 is 9.47 Å². The molecule has 1 saturated carbocycles. The number of benzene rings is 1. The van der Waals surface area contributed by atoms with E-state index < -0.39 is 5.60 Å². The van der Waals surface area contributed by atoms with Crippen LogP contribution in [0.5, 0.6) is 11.6 Å². The van der Waals surface area contributed by atoms with Gasteiger partial charge in [0, 0.05) is 13.1 Å². The molecule has 7 heteroatoms. The number of hydrogen-bond donors (Lipinski definition) is 0. The first kappa shape index (κ1) is 20.8. The molecule has 0 bridgehead atoms. The molecule has 0 unspecified atom stereocenters. The zero-order valence-corrected chi connectivity index (χ0v) is 18.2. The predicted molar refractivity (Wildman–Crippen MR) is 113 cm³/mol. The number of amides is 1. The minimum absolute atomic E-state index is 0.238. The van der Waals surface area contributed by atoms with Crippen LogP contribution in [0.3, 0.4) is 0 Å². The molecule has 4 rings (SSSR count). The predicted octanol–water partition coefficient (Wildman–Crippen LogP) is 5.03. The topological polar surface area (TPSA) is 74.0 Å². The molecule has 164 valence electrons. The van der Waals surface area contributed by atoms with Gasteiger partial charge in [-0.1, -0.05) is 12.5 Å². The standard InChI is InChI=1S/C23H32N2O5/c1-23(2,3)29-22(26)25-12-10-17(11-13-25)15-28-21-20-18(27-14-16-6-4-7-16)8-5-9-19(20)30-24-21/h5,8-9,16-17H,4,6-7,10-15H2,1-3H3. The summed E-state index contributed by atoms with van der Waals surface area (Å²) in [5, 5.41) is 4.93. The molecule has 1 aliphatic heterocycles. The molecule has 0 atom stereocenters. The summed E-state index contributed by atoms with van der Waals surface area (Å²) in [5.41, 5.74) is 0.208. The summed E-state index contributed by atoms with van der Waals surface area (Å²) in [5.74, 6) is 2.28. The number of carbonyl (C=O) groups is 1. The van der Waals surface area contributed by atoms with Gasteiger partial charge in [-0.3, -0.25) is 0 Å². The first-order valence-electron chi connectivity index (χ1n) is 11.0. The van der Waals surface area contributed by atoms with Gasteiger partial charge in [0.15, 0.2) is 5.58 Å². The number of hydrogen-bond acceptors (Lipinski definition) is 6. The zero-order chi connectivity index (χ0) is 21.1. The smallest absolute Gasteiger partial charge is 0.410 e. The van der Waals surface area contributed by atoms with E-state index in [4.69, 9.17) is 18.7 Å². The van der Waals surface area contributed by atoms with E-state index in [2.05, 4.69) is 5.16 Å². The average molecular weight is 417 g/mol. The lowest BCUT2D eigenvalue weighted by Gasteiger charge is -2.33. The second-order valence-electron chi connectivity index (χ2n) is 9.45. The Morgan fingerprint density at radius 3 is 2.47 bits per heavy atom. The fourth-order valence-electron chi connectivity index (χ4n) is 3.83. The number of piperidine rings is 1. The highest BCUT2D eigenvalue weighted by atomic mass is 16.6. The first-order valence-corrected chi connectivity index (χ1v) is 11.0. The monoisotopic (exact) mass is 416 g/mol. The van der Waals surface area contributed by atoms with Crippen molar-refractivity contribution in [3.63, 3.8) is 0 Å². The van der Waals surface area contributed by atoms with Crippen molar-refractivity contribution in [1.82, 2.24) is 10.1 Å². The number of aromatic nitrogens is 1. The van der Waals surface area contributed by atoms with Gasteiger partial charge in [0.25, 0.3) is 5.88 Å². The molecular formula is C23H32N2O5. The molecule has 2 heterocycles. The Labute approximate surface area is 177 Å². The van der Waals surface area contributed by atoms with Gasteiger partial charge in [0.1, 0.15) is 16.7 Å². The van der Waals surface area contributed by atoms with Gasteiger partial charge in [-0.2, -0.15) is 0 Å². The molecule has 2 fully saturated rings. The molecule has 0 spiro atoms. The molecule has 1 saturated heterocycles. The van der Waals surface area contributed by atoms with Gasteiger partial charge in [-0.05, 0) is 75.6 Å². The third-order valence-corrected chi connectivity index (χ3v) is 5.85. The van der Waals surface area contributed by atoms with Crippen molar-refractivity contribution in [2.24, 2.45) is 11.8 Å². The van der Waals surface area contributed by atoms with E-state index in [1.807, 2.05) is 39.0 Å². The molecule has 7 nitrogen and oxygen atoms in total. The molecule has 2 aromatic rings. The van der Waals surface area contributed by atoms with Gasteiger partial charge in [0.05, 0.1) is 13.2 Å². The summed E-state index contributed by atoms with van der Waals surface area (Å²) in [6.45, 7) is 8.29. The van der Waals surface area contributed by atoms with E-state index in [0.29, 0.717) is 43.0 Å². The normalized spacial score (nSPS) is 18.3. The van der Waals surface area contributed by atoms with Crippen LogP contribution in [0.25, 0.3) is 11.0 Å². The average Bonchev–Trinajstić information content (AvgIpc) is 3.08. The summed E-state index contributed by atoms with van der Waals surface area (Å²) in [4.78, 5) is 14.0. The lowest BCUT2D eigenvalue weighted by atomic mass is 9.86. The van der Waals surface area contributed by atoms with Crippen molar-refractivity contribution in [3.05, 3.63) is 18.2 Å². The van der Waals surface area contributed by atoms with E-state index >= 15 is 0 Å². The van der Waals surface area contributed by atoms with Gasteiger partial charge >= 0.3 is 6.09 Å². The fraction of sp³-hybridized carbons (Fsp3) is 0.652. The molecule has 1 amide bonds. The maximum Gasteiger partial charge on any atom is 0.410 e. The molecule has 1 aromatic carbocycles. The Hall–Kier alpha value is -2.44. The third kappa shape index (κ3) is 4.99. The Kier molecular flexibility index (Phi) is 6.06. The molecule has 0 radical (unpaired) electrons. The lowest BCUT2D eigenvalue weighted by Crippen LogP contribution is -2.42. The Morgan fingerprint density at radius 2 is 1.80 bits per heavy atom. The van der Waals surface area contributed by atoms with Crippen molar-refractivity contribution in [1.29, 1.82) is 0 Å². The van der Waals surface area contributed by atoms with E-state index in [9.17, 15) is 4.79 Å². The highest BCUT2D eigenvalue weighted by Gasteiger charge is 2.28. The van der Waals surface area contributed by atoms with Crippen LogP contribution in [0.2, 0.25) is 0 Å². The number of rotatable bonds is 6. The minimum atomic E-state index is -0.469. The van der Waals surface area contributed by atoms with Crippen LogP contribution in [0.15, 0.2) is 22.7 Å². The Morgan fingerprint density at radius 1 is 1.10 bits per heavy atom. The van der Waals surface area contributed by atoms with E-state index in [0.717, 1.165) is 30.6 Å². The molecular weight excluding hydrogens is 384 g/mol. The first-order chi connectivity index (χ1) is 14.4. The summed E-state index contributed by atoms with van der Waals surface area (Å²) in [6, 6.07) is 5.74. The Balaban J connectivity index is 1.31. The van der Waals surface area contributed by atoms with Gasteiger partial charge < -0.3 is 23.6 Å². The number of nitrogens with zero attached hydrogens (tertiary/aromatic N) is 2. The molecule has 30 heavy (non-hydrogen) atoms. The highest BCUT2D eigenvalue weighted by molar-refractivity contribution is 5.88. The van der Waals surface area contributed by atoms with Gasteiger partial charge in [0.2, 0.25) is 0 Å². The second-order valence-corrected chi connectivity index (χ2v) is 9.45. The van der Waals surface area contributed by atoms with Crippen LogP contribution in [0.1, 0.15) is 52.9 Å². The minimum Gasteiger partial charge on any atom is -0.492 e.